The van der Waals surface area contributed by atoms with Crippen molar-refractivity contribution < 1.29 is 28.1 Å². The van der Waals surface area contributed by atoms with Gasteiger partial charge in [0.1, 0.15) is 0 Å². The molecule has 1 aromatic carbocycles. The lowest BCUT2D eigenvalue weighted by Crippen LogP contribution is -2.53. The van der Waals surface area contributed by atoms with Crippen LogP contribution in [-0.4, -0.2) is 60.5 Å². The molecule has 1 unspecified atom stereocenters. The molecule has 5 nitrogen and oxygen atoms in total. The lowest BCUT2D eigenvalue weighted by atomic mass is 9.84. The van der Waals surface area contributed by atoms with Crippen LogP contribution in [0, 0.1) is 5.92 Å². The summed E-state index contributed by atoms with van der Waals surface area (Å²) in [5.74, 6) is -2.71. The number of aliphatic hydroxyl groups excluding tert-OH is 1. The predicted molar refractivity (Wildman–Crippen MR) is 119 cm³/mol. The number of nitrogens with zero attached hydrogens (tertiary/aromatic N) is 1. The van der Waals surface area contributed by atoms with E-state index >= 15 is 0 Å². The zero-order valence-electron chi connectivity index (χ0n) is 19.3. The Kier molecular flexibility index (Phi) is 6.67. The van der Waals surface area contributed by atoms with E-state index < -0.39 is 17.9 Å². The summed E-state index contributed by atoms with van der Waals surface area (Å²) in [6, 6.07) is 1.89. The Bertz CT molecular complexity index is 844. The summed E-state index contributed by atoms with van der Waals surface area (Å²) >= 11 is 6.75. The van der Waals surface area contributed by atoms with Crippen molar-refractivity contribution in [3.05, 3.63) is 22.2 Å². The molecule has 4 rings (SSSR count). The zero-order chi connectivity index (χ0) is 23.3. The topological polar surface area (TPSA) is 51.2 Å². The normalized spacial score (nSPS) is 30.0. The van der Waals surface area contributed by atoms with Gasteiger partial charge in [0, 0.05) is 25.6 Å². The van der Waals surface area contributed by atoms with E-state index in [9.17, 15) is 13.9 Å². The van der Waals surface area contributed by atoms with E-state index in [1.165, 1.54) is 7.11 Å². The van der Waals surface area contributed by atoms with Gasteiger partial charge in [-0.2, -0.15) is 0 Å². The molecule has 2 fully saturated rings. The van der Waals surface area contributed by atoms with E-state index in [1.807, 2.05) is 26.8 Å². The van der Waals surface area contributed by atoms with Crippen LogP contribution in [0.4, 0.5) is 8.78 Å². The molecule has 0 spiro atoms. The summed E-state index contributed by atoms with van der Waals surface area (Å²) in [5.41, 5.74) is 1.62. The van der Waals surface area contributed by atoms with Gasteiger partial charge in [-0.1, -0.05) is 11.6 Å². The minimum Gasteiger partial charge on any atom is -0.493 e. The van der Waals surface area contributed by atoms with Crippen molar-refractivity contribution in [2.45, 2.75) is 82.6 Å². The molecule has 0 amide bonds. The molecule has 8 heteroatoms. The first-order valence-corrected chi connectivity index (χ1v) is 11.9. The monoisotopic (exact) mass is 473 g/mol. The third-order valence-electron chi connectivity index (χ3n) is 6.89. The van der Waals surface area contributed by atoms with E-state index in [0.29, 0.717) is 48.7 Å². The number of halogens is 3. The van der Waals surface area contributed by atoms with Gasteiger partial charge in [-0.15, -0.1) is 0 Å². The van der Waals surface area contributed by atoms with Crippen LogP contribution in [0.25, 0.3) is 0 Å². The van der Waals surface area contributed by atoms with Crippen molar-refractivity contribution in [1.82, 2.24) is 4.90 Å². The molecule has 2 aliphatic heterocycles. The maximum atomic E-state index is 14.0. The molecule has 3 aliphatic rings. The second kappa shape index (κ2) is 8.90. The largest absolute Gasteiger partial charge is 0.493 e. The highest BCUT2D eigenvalue weighted by atomic mass is 35.5. The summed E-state index contributed by atoms with van der Waals surface area (Å²) in [6.45, 7) is 7.31. The molecule has 2 heterocycles. The number of fused-ring (bicyclic) bond motifs is 3. The van der Waals surface area contributed by atoms with Crippen LogP contribution in [0.5, 0.6) is 11.5 Å². The third-order valence-corrected chi connectivity index (χ3v) is 7.29. The fourth-order valence-electron chi connectivity index (χ4n) is 5.30. The number of piperidine rings is 1. The number of hydrogen-bond acceptors (Lipinski definition) is 5. The molecule has 1 aromatic rings. The van der Waals surface area contributed by atoms with Crippen LogP contribution >= 0.6 is 11.6 Å². The maximum Gasteiger partial charge on any atom is 0.254 e. The average Bonchev–Trinajstić information content (AvgIpc) is 3.04. The van der Waals surface area contributed by atoms with Crippen LogP contribution in [0.15, 0.2) is 6.07 Å². The number of methoxy groups -OCH3 is 1. The molecule has 1 aliphatic carbocycles. The van der Waals surface area contributed by atoms with Gasteiger partial charge in [0.25, 0.3) is 5.92 Å². The summed E-state index contributed by atoms with van der Waals surface area (Å²) in [6.07, 6.45) is 1.27. The SMILES string of the molecule is COc1cc2c(c(Cl)c1OCC1CCCC1(F)F)CCN1C[C@@H](OC(C)(C)C)[C@H](O)C[C@H]21. The Hall–Kier alpha value is -1.15. The highest BCUT2D eigenvalue weighted by Crippen LogP contribution is 2.48. The van der Waals surface area contributed by atoms with Crippen molar-refractivity contribution in [3.63, 3.8) is 0 Å². The maximum absolute atomic E-state index is 14.0. The summed E-state index contributed by atoms with van der Waals surface area (Å²) in [4.78, 5) is 2.32. The van der Waals surface area contributed by atoms with Crippen molar-refractivity contribution in [1.29, 1.82) is 0 Å². The molecule has 32 heavy (non-hydrogen) atoms. The smallest absolute Gasteiger partial charge is 0.254 e. The lowest BCUT2D eigenvalue weighted by Gasteiger charge is -2.47. The minimum atomic E-state index is -2.70. The molecule has 180 valence electrons. The van der Waals surface area contributed by atoms with Crippen LogP contribution in [-0.2, 0) is 11.2 Å². The minimum absolute atomic E-state index is 0.00631. The van der Waals surface area contributed by atoms with Crippen molar-refractivity contribution in [2.75, 3.05) is 26.8 Å². The van der Waals surface area contributed by atoms with E-state index in [1.54, 1.807) is 0 Å². The molecule has 4 atom stereocenters. The second-order valence-corrected chi connectivity index (χ2v) is 10.7. The molecule has 0 radical (unpaired) electrons. The Morgan fingerprint density at radius 2 is 2.06 bits per heavy atom. The molecular weight excluding hydrogens is 440 g/mol. The van der Waals surface area contributed by atoms with Gasteiger partial charge in [0.15, 0.2) is 11.5 Å². The number of rotatable bonds is 5. The van der Waals surface area contributed by atoms with Gasteiger partial charge in [-0.05, 0) is 63.6 Å². The molecule has 0 bridgehead atoms. The van der Waals surface area contributed by atoms with Crippen LogP contribution in [0.1, 0.15) is 63.6 Å². The highest BCUT2D eigenvalue weighted by Gasteiger charge is 2.45. The van der Waals surface area contributed by atoms with Gasteiger partial charge in [-0.3, -0.25) is 4.90 Å². The second-order valence-electron chi connectivity index (χ2n) is 10.3. The number of aliphatic hydroxyl groups is 1. The Labute approximate surface area is 194 Å². The van der Waals surface area contributed by atoms with Crippen LogP contribution in [0.2, 0.25) is 5.02 Å². The van der Waals surface area contributed by atoms with Gasteiger partial charge >= 0.3 is 0 Å². The lowest BCUT2D eigenvalue weighted by molar-refractivity contribution is -0.149. The van der Waals surface area contributed by atoms with Crippen LogP contribution < -0.4 is 9.47 Å². The first-order chi connectivity index (χ1) is 15.0. The van der Waals surface area contributed by atoms with E-state index in [0.717, 1.165) is 17.7 Å². The molecule has 0 aromatic heterocycles. The zero-order valence-corrected chi connectivity index (χ0v) is 20.1. The van der Waals surface area contributed by atoms with Crippen molar-refractivity contribution >= 4 is 11.6 Å². The fraction of sp³-hybridized carbons (Fsp3) is 0.750. The number of ether oxygens (including phenoxy) is 3. The Balaban J connectivity index is 1.56. The third kappa shape index (κ3) is 4.72. The van der Waals surface area contributed by atoms with Gasteiger partial charge in [0.05, 0.1) is 42.5 Å². The number of benzene rings is 1. The van der Waals surface area contributed by atoms with Crippen LogP contribution in [0.3, 0.4) is 0 Å². The standard InChI is InChI=1S/C24H34ClF2NO4/c1-23(2,3)32-20-12-28-9-7-15-16(17(28)11-18(20)29)10-19(30-4)22(21(15)25)31-13-14-6-5-8-24(14,26)27/h10,14,17-18,20,29H,5-9,11-13H2,1-4H3/t14?,17-,18-,20-/m1/s1. The summed E-state index contributed by atoms with van der Waals surface area (Å²) in [7, 11) is 1.53. The molecule has 1 N–H and O–H groups in total. The van der Waals surface area contributed by atoms with Gasteiger partial charge < -0.3 is 19.3 Å². The first kappa shape index (κ1) is 24.0. The molecule has 1 saturated heterocycles. The summed E-state index contributed by atoms with van der Waals surface area (Å²) < 4.78 is 45.6. The van der Waals surface area contributed by atoms with Gasteiger partial charge in [0.2, 0.25) is 0 Å². The quantitative estimate of drug-likeness (QED) is 0.651. The molecular formula is C24H34ClF2NO4. The van der Waals surface area contributed by atoms with Gasteiger partial charge in [-0.25, -0.2) is 8.78 Å². The number of alkyl halides is 2. The predicted octanol–water partition coefficient (Wildman–Crippen LogP) is 5.01. The Morgan fingerprint density at radius 1 is 1.31 bits per heavy atom. The van der Waals surface area contributed by atoms with E-state index in [2.05, 4.69) is 4.90 Å². The van der Waals surface area contributed by atoms with E-state index in [4.69, 9.17) is 25.8 Å². The molecule has 1 saturated carbocycles. The van der Waals surface area contributed by atoms with Crippen molar-refractivity contribution in [2.24, 2.45) is 5.92 Å². The summed E-state index contributed by atoms with van der Waals surface area (Å²) in [5, 5.41) is 11.2. The average molecular weight is 474 g/mol. The van der Waals surface area contributed by atoms with Crippen molar-refractivity contribution in [3.8, 4) is 11.5 Å². The highest BCUT2D eigenvalue weighted by molar-refractivity contribution is 6.33. The fourth-order valence-corrected chi connectivity index (χ4v) is 5.65. The number of hydrogen-bond donors (Lipinski definition) is 1. The first-order valence-electron chi connectivity index (χ1n) is 11.5. The van der Waals surface area contributed by atoms with E-state index in [-0.39, 0.29) is 30.8 Å². The Morgan fingerprint density at radius 3 is 2.69 bits per heavy atom.